The molecule has 2 aromatic rings. The fourth-order valence-corrected chi connectivity index (χ4v) is 4.10. The highest BCUT2D eigenvalue weighted by Crippen LogP contribution is 2.38. The lowest BCUT2D eigenvalue weighted by Gasteiger charge is -2.25. The van der Waals surface area contributed by atoms with Gasteiger partial charge in [0.15, 0.2) is 11.5 Å². The van der Waals surface area contributed by atoms with E-state index >= 15 is 0 Å². The molecule has 2 heterocycles. The zero-order valence-electron chi connectivity index (χ0n) is 15.4. The maximum atomic E-state index is 12.6. The van der Waals surface area contributed by atoms with Gasteiger partial charge in [0, 0.05) is 12.5 Å². The maximum Gasteiger partial charge on any atom is 0.238 e. The summed E-state index contributed by atoms with van der Waals surface area (Å²) in [6.07, 6.45) is 2.93. The molecule has 0 spiro atoms. The molecule has 2 aliphatic heterocycles. The summed E-state index contributed by atoms with van der Waals surface area (Å²) in [6.45, 7) is 2.50. The van der Waals surface area contributed by atoms with Crippen LogP contribution >= 0.6 is 23.2 Å². The Morgan fingerprint density at radius 2 is 1.93 bits per heavy atom. The van der Waals surface area contributed by atoms with Crippen molar-refractivity contribution >= 4 is 34.8 Å². The summed E-state index contributed by atoms with van der Waals surface area (Å²) in [7, 11) is 0. The van der Waals surface area contributed by atoms with E-state index in [1.165, 1.54) is 0 Å². The minimum Gasteiger partial charge on any atom is -0.490 e. The molecule has 2 aliphatic rings. The number of halogens is 2. The molecule has 5 nitrogen and oxygen atoms in total. The number of fused-ring (bicyclic) bond motifs is 1. The Labute approximate surface area is 174 Å². The largest absolute Gasteiger partial charge is 0.490 e. The van der Waals surface area contributed by atoms with Crippen molar-refractivity contribution in [2.75, 3.05) is 31.6 Å². The molecule has 1 unspecified atom stereocenters. The van der Waals surface area contributed by atoms with Crippen LogP contribution in [0, 0.1) is 0 Å². The first-order valence-corrected chi connectivity index (χ1v) is 10.2. The number of rotatable bonds is 4. The highest BCUT2D eigenvalue weighted by Gasteiger charge is 2.28. The second-order valence-corrected chi connectivity index (χ2v) is 7.82. The van der Waals surface area contributed by atoms with E-state index in [0.29, 0.717) is 35.5 Å². The monoisotopic (exact) mass is 420 g/mol. The Morgan fingerprint density at radius 3 is 2.79 bits per heavy atom. The van der Waals surface area contributed by atoms with Crippen molar-refractivity contribution < 1.29 is 14.3 Å². The third kappa shape index (κ3) is 4.22. The number of hydrogen-bond donors (Lipinski definition) is 1. The maximum absolute atomic E-state index is 12.6. The van der Waals surface area contributed by atoms with Crippen LogP contribution in [0.4, 0.5) is 5.69 Å². The smallest absolute Gasteiger partial charge is 0.238 e. The zero-order chi connectivity index (χ0) is 19.5. The molecule has 0 saturated carbocycles. The Balaban J connectivity index is 1.46. The predicted molar refractivity (Wildman–Crippen MR) is 111 cm³/mol. The van der Waals surface area contributed by atoms with Gasteiger partial charge in [0.25, 0.3) is 0 Å². The number of nitrogens with one attached hydrogen (secondary N) is 1. The predicted octanol–water partition coefficient (Wildman–Crippen LogP) is 4.93. The van der Waals surface area contributed by atoms with Crippen molar-refractivity contribution in [2.24, 2.45) is 0 Å². The molecule has 0 aliphatic carbocycles. The quantitative estimate of drug-likeness (QED) is 0.761. The first-order chi connectivity index (χ1) is 13.6. The molecule has 1 atom stereocenters. The van der Waals surface area contributed by atoms with E-state index < -0.39 is 0 Å². The highest BCUT2D eigenvalue weighted by atomic mass is 35.5. The van der Waals surface area contributed by atoms with Crippen molar-refractivity contribution in [2.45, 2.75) is 25.3 Å². The van der Waals surface area contributed by atoms with Crippen molar-refractivity contribution in [1.82, 2.24) is 4.90 Å². The molecule has 1 saturated heterocycles. The van der Waals surface area contributed by atoms with Crippen LogP contribution in [0.5, 0.6) is 11.5 Å². The summed E-state index contributed by atoms with van der Waals surface area (Å²) in [5.74, 6) is 1.47. The fourth-order valence-electron chi connectivity index (χ4n) is 3.75. The number of ether oxygens (including phenoxy) is 2. The molecule has 1 amide bonds. The van der Waals surface area contributed by atoms with Gasteiger partial charge in [0.1, 0.15) is 0 Å². The van der Waals surface area contributed by atoms with Gasteiger partial charge in [-0.15, -0.1) is 0 Å². The van der Waals surface area contributed by atoms with Gasteiger partial charge in [-0.3, -0.25) is 9.69 Å². The second kappa shape index (κ2) is 8.60. The summed E-state index contributed by atoms with van der Waals surface area (Å²) in [6, 6.07) is 11.5. The number of amides is 1. The molecular formula is C21H22Cl2N2O3. The van der Waals surface area contributed by atoms with E-state index in [-0.39, 0.29) is 11.9 Å². The normalized spacial score (nSPS) is 19.3. The number of carbonyl (C=O) groups is 1. The standard InChI is InChI=1S/C21H22Cl2N2O3/c22-15-4-1-5-16(21(15)23)24-20(26)13-25-9-2-6-17(25)14-7-8-18-19(12-14)28-11-3-10-27-18/h1,4-5,7-8,12,17H,2-3,6,9-11,13H2,(H,24,26). The molecule has 4 rings (SSSR count). The van der Waals surface area contributed by atoms with Crippen LogP contribution in [0.25, 0.3) is 0 Å². The summed E-state index contributed by atoms with van der Waals surface area (Å²) >= 11 is 12.2. The minimum absolute atomic E-state index is 0.106. The summed E-state index contributed by atoms with van der Waals surface area (Å²) in [5, 5.41) is 3.65. The molecule has 1 N–H and O–H groups in total. The second-order valence-electron chi connectivity index (χ2n) is 7.03. The van der Waals surface area contributed by atoms with E-state index in [1.807, 2.05) is 6.07 Å². The van der Waals surface area contributed by atoms with Crippen molar-refractivity contribution in [3.05, 3.63) is 52.0 Å². The van der Waals surface area contributed by atoms with E-state index in [4.69, 9.17) is 32.7 Å². The number of likely N-dealkylation sites (tertiary alicyclic amines) is 1. The van der Waals surface area contributed by atoms with Gasteiger partial charge in [-0.1, -0.05) is 35.3 Å². The van der Waals surface area contributed by atoms with Crippen molar-refractivity contribution in [1.29, 1.82) is 0 Å². The van der Waals surface area contributed by atoms with Crippen LogP contribution in [0.1, 0.15) is 30.9 Å². The lowest BCUT2D eigenvalue weighted by Crippen LogP contribution is -2.33. The van der Waals surface area contributed by atoms with Gasteiger partial charge in [-0.05, 0) is 49.2 Å². The van der Waals surface area contributed by atoms with Gasteiger partial charge >= 0.3 is 0 Å². The topological polar surface area (TPSA) is 50.8 Å². The van der Waals surface area contributed by atoms with E-state index in [1.54, 1.807) is 18.2 Å². The molecule has 2 aromatic carbocycles. The molecule has 0 bridgehead atoms. The number of carbonyl (C=O) groups excluding carboxylic acids is 1. The molecule has 1 fully saturated rings. The number of benzene rings is 2. The number of anilines is 1. The van der Waals surface area contributed by atoms with Crippen molar-refractivity contribution in [3.8, 4) is 11.5 Å². The number of hydrogen-bond acceptors (Lipinski definition) is 4. The lowest BCUT2D eigenvalue weighted by atomic mass is 10.0. The third-order valence-electron chi connectivity index (χ3n) is 5.09. The Bertz CT molecular complexity index is 875. The molecule has 7 heteroatoms. The zero-order valence-corrected chi connectivity index (χ0v) is 16.9. The summed E-state index contributed by atoms with van der Waals surface area (Å²) in [4.78, 5) is 14.8. The van der Waals surface area contributed by atoms with E-state index in [9.17, 15) is 4.79 Å². The molecule has 148 valence electrons. The van der Waals surface area contributed by atoms with Gasteiger partial charge in [-0.2, -0.15) is 0 Å². The van der Waals surface area contributed by atoms with Crippen molar-refractivity contribution in [3.63, 3.8) is 0 Å². The van der Waals surface area contributed by atoms with E-state index in [2.05, 4.69) is 22.3 Å². The van der Waals surface area contributed by atoms with Gasteiger partial charge < -0.3 is 14.8 Å². The van der Waals surface area contributed by atoms with Gasteiger partial charge in [0.05, 0.1) is 35.5 Å². The highest BCUT2D eigenvalue weighted by molar-refractivity contribution is 6.44. The Hall–Kier alpha value is -1.95. The average Bonchev–Trinajstić information content (AvgIpc) is 3.00. The lowest BCUT2D eigenvalue weighted by molar-refractivity contribution is -0.117. The summed E-state index contributed by atoms with van der Waals surface area (Å²) in [5.41, 5.74) is 1.68. The molecule has 28 heavy (non-hydrogen) atoms. The van der Waals surface area contributed by atoms with Crippen LogP contribution in [0.2, 0.25) is 10.0 Å². The third-order valence-corrected chi connectivity index (χ3v) is 5.91. The van der Waals surface area contributed by atoms with Crippen LogP contribution in [-0.4, -0.2) is 37.1 Å². The van der Waals surface area contributed by atoms with Gasteiger partial charge in [0.2, 0.25) is 5.91 Å². The first-order valence-electron chi connectivity index (χ1n) is 9.49. The van der Waals surface area contributed by atoms with Crippen LogP contribution in [0.15, 0.2) is 36.4 Å². The fraction of sp³-hybridized carbons (Fsp3) is 0.381. The SMILES string of the molecule is O=C(CN1CCCC1c1ccc2c(c1)OCCCO2)Nc1cccc(Cl)c1Cl. The number of nitrogens with zero attached hydrogens (tertiary/aromatic N) is 1. The first kappa shape index (κ1) is 19.4. The van der Waals surface area contributed by atoms with Crippen LogP contribution in [0.3, 0.4) is 0 Å². The minimum atomic E-state index is -0.106. The van der Waals surface area contributed by atoms with Crippen LogP contribution in [-0.2, 0) is 4.79 Å². The van der Waals surface area contributed by atoms with E-state index in [0.717, 1.165) is 42.9 Å². The molecule has 0 radical (unpaired) electrons. The molecular weight excluding hydrogens is 399 g/mol. The van der Waals surface area contributed by atoms with Gasteiger partial charge in [-0.25, -0.2) is 0 Å². The molecule has 0 aromatic heterocycles. The Kier molecular flexibility index (Phi) is 5.95. The van der Waals surface area contributed by atoms with Crippen LogP contribution < -0.4 is 14.8 Å². The Morgan fingerprint density at radius 1 is 1.11 bits per heavy atom. The average molecular weight is 421 g/mol. The summed E-state index contributed by atoms with van der Waals surface area (Å²) < 4.78 is 11.5.